The van der Waals surface area contributed by atoms with Crippen molar-refractivity contribution >= 4 is 17.3 Å². The lowest BCUT2D eigenvalue weighted by molar-refractivity contribution is -0.137. The third-order valence-corrected chi connectivity index (χ3v) is 3.85. The largest absolute Gasteiger partial charge is 0.416 e. The molecule has 1 saturated heterocycles. The minimum absolute atomic E-state index is 0.153. The average Bonchev–Trinajstić information content (AvgIpc) is 3.08. The highest BCUT2D eigenvalue weighted by Gasteiger charge is 2.30. The molecule has 0 radical (unpaired) electrons. The third kappa shape index (κ3) is 3.67. The maximum atomic E-state index is 12.8. The van der Waals surface area contributed by atoms with Crippen molar-refractivity contribution in [3.8, 4) is 0 Å². The van der Waals surface area contributed by atoms with Crippen LogP contribution in [0.2, 0.25) is 0 Å². The van der Waals surface area contributed by atoms with E-state index in [9.17, 15) is 18.0 Å². The van der Waals surface area contributed by atoms with E-state index < -0.39 is 11.7 Å². The van der Waals surface area contributed by atoms with Gasteiger partial charge in [-0.25, -0.2) is 0 Å². The summed E-state index contributed by atoms with van der Waals surface area (Å²) >= 11 is 0. The van der Waals surface area contributed by atoms with Crippen LogP contribution >= 0.6 is 0 Å². The Morgan fingerprint density at radius 1 is 1.08 bits per heavy atom. The van der Waals surface area contributed by atoms with E-state index in [0.717, 1.165) is 25.0 Å². The van der Waals surface area contributed by atoms with Gasteiger partial charge in [0.15, 0.2) is 0 Å². The van der Waals surface area contributed by atoms with Crippen LogP contribution in [0.15, 0.2) is 42.6 Å². The number of rotatable bonds is 3. The van der Waals surface area contributed by atoms with E-state index in [0.29, 0.717) is 24.5 Å². The molecule has 24 heavy (non-hydrogen) atoms. The summed E-state index contributed by atoms with van der Waals surface area (Å²) in [5, 5.41) is 2.89. The summed E-state index contributed by atoms with van der Waals surface area (Å²) in [6.07, 6.45) is -0.964. The predicted molar refractivity (Wildman–Crippen MR) is 84.1 cm³/mol. The number of nitrogens with one attached hydrogen (secondary N) is 1. The van der Waals surface area contributed by atoms with Gasteiger partial charge in [-0.3, -0.25) is 9.78 Å². The number of carbonyl (C=O) groups is 1. The lowest BCUT2D eigenvalue weighted by atomic mass is 10.2. The second-order valence-electron chi connectivity index (χ2n) is 5.63. The van der Waals surface area contributed by atoms with Crippen LogP contribution in [0.4, 0.5) is 24.5 Å². The molecule has 1 fully saturated rings. The molecule has 1 amide bonds. The molecular formula is C17H16F3N3O. The van der Waals surface area contributed by atoms with Gasteiger partial charge in [-0.2, -0.15) is 13.2 Å². The number of likely N-dealkylation sites (tertiary alicyclic amines) is 1. The first-order chi connectivity index (χ1) is 11.4. The zero-order valence-electron chi connectivity index (χ0n) is 12.8. The van der Waals surface area contributed by atoms with Crippen molar-refractivity contribution in [1.82, 2.24) is 9.88 Å². The van der Waals surface area contributed by atoms with Gasteiger partial charge in [-0.05, 0) is 43.2 Å². The van der Waals surface area contributed by atoms with Gasteiger partial charge in [0.1, 0.15) is 5.69 Å². The predicted octanol–water partition coefficient (Wildman–Crippen LogP) is 4.08. The molecule has 4 nitrogen and oxygen atoms in total. The number of amides is 1. The lowest BCUT2D eigenvalue weighted by Gasteiger charge is -2.15. The zero-order valence-corrected chi connectivity index (χ0v) is 12.8. The topological polar surface area (TPSA) is 45.2 Å². The molecule has 2 aromatic rings. The highest BCUT2D eigenvalue weighted by molar-refractivity contribution is 5.93. The summed E-state index contributed by atoms with van der Waals surface area (Å²) in [6.45, 7) is 1.43. The van der Waals surface area contributed by atoms with E-state index in [1.54, 1.807) is 17.0 Å². The van der Waals surface area contributed by atoms with Crippen molar-refractivity contribution < 1.29 is 18.0 Å². The van der Waals surface area contributed by atoms with Gasteiger partial charge in [0.05, 0.1) is 5.56 Å². The van der Waals surface area contributed by atoms with Gasteiger partial charge in [-0.15, -0.1) is 0 Å². The molecule has 0 saturated carbocycles. The number of nitrogens with zero attached hydrogens (tertiary/aromatic N) is 2. The Morgan fingerprint density at radius 2 is 1.79 bits per heavy atom. The van der Waals surface area contributed by atoms with Crippen LogP contribution in [0, 0.1) is 0 Å². The van der Waals surface area contributed by atoms with E-state index in [4.69, 9.17) is 0 Å². The SMILES string of the molecule is O=C(c1cc(Nc2cccc(C(F)(F)F)c2)ccn1)N1CCCC1. The molecule has 0 aliphatic carbocycles. The van der Waals surface area contributed by atoms with E-state index in [-0.39, 0.29) is 11.6 Å². The van der Waals surface area contributed by atoms with E-state index >= 15 is 0 Å². The van der Waals surface area contributed by atoms with Crippen LogP contribution in [0.5, 0.6) is 0 Å². The fraction of sp³-hybridized carbons (Fsp3) is 0.294. The van der Waals surface area contributed by atoms with Gasteiger partial charge in [0.25, 0.3) is 5.91 Å². The number of hydrogen-bond donors (Lipinski definition) is 1. The monoisotopic (exact) mass is 335 g/mol. The molecule has 7 heteroatoms. The standard InChI is InChI=1S/C17H16F3N3O/c18-17(19,20)12-4-3-5-13(10-12)22-14-6-7-21-15(11-14)16(24)23-8-1-2-9-23/h3-7,10-11H,1-2,8-9H2,(H,21,22). The van der Waals surface area contributed by atoms with Crippen molar-refractivity contribution in [2.45, 2.75) is 19.0 Å². The highest BCUT2D eigenvalue weighted by atomic mass is 19.4. The first kappa shape index (κ1) is 16.3. The number of carbonyl (C=O) groups excluding carboxylic acids is 1. The van der Waals surface area contributed by atoms with Crippen molar-refractivity contribution in [2.75, 3.05) is 18.4 Å². The normalized spacial score (nSPS) is 14.7. The number of aromatic nitrogens is 1. The minimum atomic E-state index is -4.40. The maximum absolute atomic E-state index is 12.8. The summed E-state index contributed by atoms with van der Waals surface area (Å²) in [5.41, 5.74) is 0.381. The summed E-state index contributed by atoms with van der Waals surface area (Å²) < 4.78 is 38.3. The second-order valence-corrected chi connectivity index (χ2v) is 5.63. The van der Waals surface area contributed by atoms with Crippen molar-refractivity contribution in [3.05, 3.63) is 53.9 Å². The van der Waals surface area contributed by atoms with Crippen molar-refractivity contribution in [1.29, 1.82) is 0 Å². The minimum Gasteiger partial charge on any atom is -0.355 e. The van der Waals surface area contributed by atoms with Gasteiger partial charge >= 0.3 is 6.18 Å². The summed E-state index contributed by atoms with van der Waals surface area (Å²) in [5.74, 6) is -0.153. The number of halogens is 3. The molecule has 0 unspecified atom stereocenters. The van der Waals surface area contributed by atoms with E-state index in [2.05, 4.69) is 10.3 Å². The Balaban J connectivity index is 1.78. The smallest absolute Gasteiger partial charge is 0.355 e. The Hall–Kier alpha value is -2.57. The van der Waals surface area contributed by atoms with Gasteiger partial charge in [0.2, 0.25) is 0 Å². The van der Waals surface area contributed by atoms with Crippen LogP contribution in [0.25, 0.3) is 0 Å². The fourth-order valence-electron chi connectivity index (χ4n) is 2.65. The van der Waals surface area contributed by atoms with E-state index in [1.807, 2.05) is 0 Å². The van der Waals surface area contributed by atoms with Crippen molar-refractivity contribution in [3.63, 3.8) is 0 Å². The molecule has 3 rings (SSSR count). The molecular weight excluding hydrogens is 319 g/mol. The van der Waals surface area contributed by atoms with Crippen molar-refractivity contribution in [2.24, 2.45) is 0 Å². The van der Waals surface area contributed by atoms with Gasteiger partial charge in [0, 0.05) is 30.7 Å². The zero-order chi connectivity index (χ0) is 17.2. The lowest BCUT2D eigenvalue weighted by Crippen LogP contribution is -2.28. The second kappa shape index (κ2) is 6.51. The van der Waals surface area contributed by atoms with Gasteiger partial charge < -0.3 is 10.2 Å². The van der Waals surface area contributed by atoms with Crippen LogP contribution in [-0.4, -0.2) is 28.9 Å². The van der Waals surface area contributed by atoms with Crippen LogP contribution < -0.4 is 5.32 Å². The number of pyridine rings is 1. The highest BCUT2D eigenvalue weighted by Crippen LogP contribution is 2.31. The molecule has 126 valence electrons. The van der Waals surface area contributed by atoms with E-state index in [1.165, 1.54) is 18.3 Å². The van der Waals surface area contributed by atoms with Crippen LogP contribution in [-0.2, 0) is 6.18 Å². The summed E-state index contributed by atoms with van der Waals surface area (Å²) in [7, 11) is 0. The molecule has 0 bridgehead atoms. The third-order valence-electron chi connectivity index (χ3n) is 3.85. The Kier molecular flexibility index (Phi) is 4.42. The number of alkyl halides is 3. The Morgan fingerprint density at radius 3 is 2.50 bits per heavy atom. The summed E-state index contributed by atoms with van der Waals surface area (Å²) in [6, 6.07) is 8.09. The van der Waals surface area contributed by atoms with Crippen LogP contribution in [0.1, 0.15) is 28.9 Å². The molecule has 1 N–H and O–H groups in total. The molecule has 1 aromatic carbocycles. The Labute approximate surface area is 137 Å². The molecule has 2 heterocycles. The first-order valence-corrected chi connectivity index (χ1v) is 7.63. The molecule has 0 spiro atoms. The molecule has 1 aliphatic rings. The molecule has 1 aromatic heterocycles. The van der Waals surface area contributed by atoms with Gasteiger partial charge in [-0.1, -0.05) is 6.07 Å². The number of benzene rings is 1. The quantitative estimate of drug-likeness (QED) is 0.919. The number of anilines is 2. The van der Waals surface area contributed by atoms with Crippen LogP contribution in [0.3, 0.4) is 0 Å². The average molecular weight is 335 g/mol. The fourth-order valence-corrected chi connectivity index (χ4v) is 2.65. The molecule has 1 aliphatic heterocycles. The Bertz CT molecular complexity index is 740. The first-order valence-electron chi connectivity index (χ1n) is 7.63. The molecule has 0 atom stereocenters. The maximum Gasteiger partial charge on any atom is 0.416 e. The summed E-state index contributed by atoms with van der Waals surface area (Å²) in [4.78, 5) is 18.1. The number of hydrogen-bond acceptors (Lipinski definition) is 3.